The zero-order valence-corrected chi connectivity index (χ0v) is 10.5. The summed E-state index contributed by atoms with van der Waals surface area (Å²) in [5.74, 6) is -0.922. The van der Waals surface area contributed by atoms with Gasteiger partial charge in [0.1, 0.15) is 11.7 Å². The molecule has 0 radical (unpaired) electrons. The van der Waals surface area contributed by atoms with Gasteiger partial charge in [-0.3, -0.25) is 9.59 Å². The monoisotopic (exact) mass is 257 g/mol. The van der Waals surface area contributed by atoms with Crippen LogP contribution < -0.4 is 11.1 Å². The van der Waals surface area contributed by atoms with Gasteiger partial charge in [0, 0.05) is 13.2 Å². The molecule has 0 aliphatic carbocycles. The molecule has 3 N–H and O–H groups in total. The van der Waals surface area contributed by atoms with Crippen LogP contribution in [0.15, 0.2) is 48.7 Å². The minimum Gasteiger partial charge on any atom is -0.368 e. The summed E-state index contributed by atoms with van der Waals surface area (Å²) in [6.07, 6.45) is 1.76. The van der Waals surface area contributed by atoms with Gasteiger partial charge in [-0.15, -0.1) is 0 Å². The highest BCUT2D eigenvalue weighted by atomic mass is 16.2. The molecular weight excluding hydrogens is 242 g/mol. The number of primary amides is 1. The number of aryl methyl sites for hydroxylation is 1. The van der Waals surface area contributed by atoms with Crippen LogP contribution in [0.25, 0.3) is 0 Å². The van der Waals surface area contributed by atoms with Gasteiger partial charge in [0.2, 0.25) is 5.91 Å². The lowest BCUT2D eigenvalue weighted by Crippen LogP contribution is -2.38. The zero-order chi connectivity index (χ0) is 13.8. The standard InChI is InChI=1S/C14H15N3O2/c1-17-9-5-8-11(17)14(19)16-12(13(15)18)10-6-3-2-4-7-10/h2-9,12H,1H3,(H2,15,18)(H,16,19). The molecule has 98 valence electrons. The fraction of sp³-hybridized carbons (Fsp3) is 0.143. The minimum absolute atomic E-state index is 0.333. The lowest BCUT2D eigenvalue weighted by molar-refractivity contribution is -0.120. The van der Waals surface area contributed by atoms with Crippen molar-refractivity contribution in [3.63, 3.8) is 0 Å². The van der Waals surface area contributed by atoms with Crippen molar-refractivity contribution in [3.8, 4) is 0 Å². The molecule has 1 heterocycles. The van der Waals surface area contributed by atoms with Crippen molar-refractivity contribution < 1.29 is 9.59 Å². The number of nitrogens with one attached hydrogen (secondary N) is 1. The summed E-state index contributed by atoms with van der Waals surface area (Å²) in [7, 11) is 1.76. The number of amides is 2. The van der Waals surface area contributed by atoms with E-state index in [0.717, 1.165) is 0 Å². The molecule has 0 aliphatic heterocycles. The molecule has 1 aromatic heterocycles. The average Bonchev–Trinajstić information content (AvgIpc) is 2.82. The molecule has 0 saturated heterocycles. The van der Waals surface area contributed by atoms with Crippen LogP contribution in [0.4, 0.5) is 0 Å². The Morgan fingerprint density at radius 2 is 1.84 bits per heavy atom. The fourth-order valence-electron chi connectivity index (χ4n) is 1.87. The van der Waals surface area contributed by atoms with E-state index >= 15 is 0 Å². The van der Waals surface area contributed by atoms with Gasteiger partial charge < -0.3 is 15.6 Å². The Bertz CT molecular complexity index is 590. The maximum atomic E-state index is 12.1. The Morgan fingerprint density at radius 3 is 2.37 bits per heavy atom. The first-order chi connectivity index (χ1) is 9.09. The summed E-state index contributed by atoms with van der Waals surface area (Å²) in [5, 5.41) is 2.64. The molecule has 2 rings (SSSR count). The van der Waals surface area contributed by atoms with E-state index < -0.39 is 11.9 Å². The highest BCUT2D eigenvalue weighted by Crippen LogP contribution is 2.13. The van der Waals surface area contributed by atoms with Crippen molar-refractivity contribution in [3.05, 3.63) is 59.9 Å². The molecule has 2 aromatic rings. The molecule has 0 saturated carbocycles. The van der Waals surface area contributed by atoms with Crippen molar-refractivity contribution in [1.29, 1.82) is 0 Å². The van der Waals surface area contributed by atoms with Crippen molar-refractivity contribution in [2.24, 2.45) is 12.8 Å². The van der Waals surface area contributed by atoms with Gasteiger partial charge in [-0.25, -0.2) is 0 Å². The Kier molecular flexibility index (Phi) is 3.66. The predicted molar refractivity (Wildman–Crippen MR) is 71.3 cm³/mol. The molecule has 0 aliphatic rings. The number of rotatable bonds is 4. The third-order valence-corrected chi connectivity index (χ3v) is 2.87. The average molecular weight is 257 g/mol. The van der Waals surface area contributed by atoms with Gasteiger partial charge in [0.15, 0.2) is 0 Å². The van der Waals surface area contributed by atoms with Crippen LogP contribution >= 0.6 is 0 Å². The second-order valence-electron chi connectivity index (χ2n) is 4.22. The molecule has 0 fully saturated rings. The second-order valence-corrected chi connectivity index (χ2v) is 4.22. The van der Waals surface area contributed by atoms with E-state index in [9.17, 15) is 9.59 Å². The smallest absolute Gasteiger partial charge is 0.268 e. The summed E-state index contributed by atoms with van der Waals surface area (Å²) in [5.41, 5.74) is 6.49. The minimum atomic E-state index is -0.830. The molecule has 0 bridgehead atoms. The fourth-order valence-corrected chi connectivity index (χ4v) is 1.87. The summed E-state index contributed by atoms with van der Waals surface area (Å²) in [4.78, 5) is 23.6. The zero-order valence-electron chi connectivity index (χ0n) is 10.5. The molecule has 19 heavy (non-hydrogen) atoms. The number of hydrogen-bond acceptors (Lipinski definition) is 2. The van der Waals surface area contributed by atoms with Crippen molar-refractivity contribution in [1.82, 2.24) is 9.88 Å². The summed E-state index contributed by atoms with van der Waals surface area (Å²) >= 11 is 0. The first-order valence-electron chi connectivity index (χ1n) is 5.86. The molecule has 5 nitrogen and oxygen atoms in total. The molecule has 2 amide bonds. The summed E-state index contributed by atoms with van der Waals surface area (Å²) < 4.78 is 1.68. The Balaban J connectivity index is 2.21. The Labute approximate surface area is 111 Å². The van der Waals surface area contributed by atoms with Crippen molar-refractivity contribution >= 4 is 11.8 Å². The maximum absolute atomic E-state index is 12.1. The Morgan fingerprint density at radius 1 is 1.16 bits per heavy atom. The molecule has 1 aromatic carbocycles. The largest absolute Gasteiger partial charge is 0.368 e. The van der Waals surface area contributed by atoms with Crippen LogP contribution in [-0.2, 0) is 11.8 Å². The van der Waals surface area contributed by atoms with E-state index in [1.165, 1.54) is 0 Å². The number of nitrogens with two attached hydrogens (primary N) is 1. The first-order valence-corrected chi connectivity index (χ1v) is 5.86. The summed E-state index contributed by atoms with van der Waals surface area (Å²) in [6.45, 7) is 0. The van der Waals surface area contributed by atoms with Gasteiger partial charge >= 0.3 is 0 Å². The number of benzene rings is 1. The maximum Gasteiger partial charge on any atom is 0.268 e. The van der Waals surface area contributed by atoms with Gasteiger partial charge in [-0.2, -0.15) is 0 Å². The van der Waals surface area contributed by atoms with Gasteiger partial charge in [-0.1, -0.05) is 30.3 Å². The lowest BCUT2D eigenvalue weighted by Gasteiger charge is -2.16. The third-order valence-electron chi connectivity index (χ3n) is 2.87. The van der Waals surface area contributed by atoms with Gasteiger partial charge in [-0.05, 0) is 17.7 Å². The van der Waals surface area contributed by atoms with E-state index in [-0.39, 0.29) is 5.91 Å². The van der Waals surface area contributed by atoms with E-state index in [2.05, 4.69) is 5.32 Å². The quantitative estimate of drug-likeness (QED) is 0.856. The molecule has 1 unspecified atom stereocenters. The van der Waals surface area contributed by atoms with Crippen LogP contribution in [0.5, 0.6) is 0 Å². The molecule has 1 atom stereocenters. The number of hydrogen-bond donors (Lipinski definition) is 2. The molecule has 0 spiro atoms. The van der Waals surface area contributed by atoms with Crippen molar-refractivity contribution in [2.45, 2.75) is 6.04 Å². The number of carbonyl (C=O) groups is 2. The predicted octanol–water partition coefficient (Wildman–Crippen LogP) is 0.981. The van der Waals surface area contributed by atoms with Crippen LogP contribution in [-0.4, -0.2) is 16.4 Å². The lowest BCUT2D eigenvalue weighted by atomic mass is 10.1. The Hall–Kier alpha value is -2.56. The molecule has 5 heteroatoms. The van der Waals surface area contributed by atoms with Gasteiger partial charge in [0.25, 0.3) is 5.91 Å². The molecular formula is C14H15N3O2. The van der Waals surface area contributed by atoms with E-state index in [4.69, 9.17) is 5.73 Å². The van der Waals surface area contributed by atoms with Crippen LogP contribution in [0, 0.1) is 0 Å². The van der Waals surface area contributed by atoms with E-state index in [0.29, 0.717) is 11.3 Å². The SMILES string of the molecule is Cn1cccc1C(=O)NC(C(N)=O)c1ccccc1. The number of aromatic nitrogens is 1. The topological polar surface area (TPSA) is 77.1 Å². The highest BCUT2D eigenvalue weighted by Gasteiger charge is 2.21. The van der Waals surface area contributed by atoms with Gasteiger partial charge in [0.05, 0.1) is 0 Å². The third kappa shape index (κ3) is 2.82. The summed E-state index contributed by atoms with van der Waals surface area (Å²) in [6, 6.07) is 11.5. The second kappa shape index (κ2) is 5.39. The number of nitrogens with zero attached hydrogens (tertiary/aromatic N) is 1. The van der Waals surface area contributed by atoms with Crippen LogP contribution in [0.1, 0.15) is 22.1 Å². The van der Waals surface area contributed by atoms with Crippen molar-refractivity contribution in [2.75, 3.05) is 0 Å². The normalized spacial score (nSPS) is 11.8. The highest BCUT2D eigenvalue weighted by molar-refractivity contribution is 5.96. The van der Waals surface area contributed by atoms with E-state index in [1.807, 2.05) is 6.07 Å². The number of carbonyl (C=O) groups excluding carboxylic acids is 2. The van der Waals surface area contributed by atoms with Crippen LogP contribution in [0.2, 0.25) is 0 Å². The first kappa shape index (κ1) is 12.9. The van der Waals surface area contributed by atoms with Crippen LogP contribution in [0.3, 0.4) is 0 Å². The van der Waals surface area contributed by atoms with E-state index in [1.54, 1.807) is 54.2 Å².